The molecule has 0 bridgehead atoms. The SMILES string of the molecule is CCCC[C@H](NC(=O)CCc1c(C)c2cc3c(-c4ccccc4)c(C)oc3c(C)c2oc1=O)C(=O)O. The summed E-state index contributed by atoms with van der Waals surface area (Å²) in [6.07, 6.45) is 2.07. The van der Waals surface area contributed by atoms with Crippen LogP contribution in [0.3, 0.4) is 0 Å². The van der Waals surface area contributed by atoms with Crippen LogP contribution in [0.4, 0.5) is 0 Å². The van der Waals surface area contributed by atoms with Crippen LogP contribution in [0.2, 0.25) is 0 Å². The van der Waals surface area contributed by atoms with E-state index in [1.807, 2.05) is 64.1 Å². The number of fused-ring (bicyclic) bond motifs is 2. The predicted molar refractivity (Wildman–Crippen MR) is 139 cm³/mol. The summed E-state index contributed by atoms with van der Waals surface area (Å²) in [6, 6.07) is 11.0. The largest absolute Gasteiger partial charge is 0.480 e. The van der Waals surface area contributed by atoms with Crippen LogP contribution in [0.25, 0.3) is 33.1 Å². The number of carboxylic acids is 1. The molecule has 1 amide bonds. The molecule has 0 unspecified atom stereocenters. The van der Waals surface area contributed by atoms with Gasteiger partial charge in [0.1, 0.15) is 23.0 Å². The van der Waals surface area contributed by atoms with E-state index in [2.05, 4.69) is 5.32 Å². The van der Waals surface area contributed by atoms with Crippen molar-refractivity contribution >= 4 is 33.8 Å². The number of aryl methyl sites for hydroxylation is 3. The molecule has 7 nitrogen and oxygen atoms in total. The molecule has 2 N–H and O–H groups in total. The molecule has 188 valence electrons. The summed E-state index contributed by atoms with van der Waals surface area (Å²) < 4.78 is 11.8. The van der Waals surface area contributed by atoms with Crippen molar-refractivity contribution in [1.29, 1.82) is 0 Å². The first kappa shape index (κ1) is 25.2. The van der Waals surface area contributed by atoms with Gasteiger partial charge in [0.05, 0.1) is 0 Å². The maximum Gasteiger partial charge on any atom is 0.339 e. The van der Waals surface area contributed by atoms with Crippen LogP contribution in [-0.2, 0) is 16.0 Å². The third kappa shape index (κ3) is 4.78. The summed E-state index contributed by atoms with van der Waals surface area (Å²) in [5.74, 6) is -0.675. The van der Waals surface area contributed by atoms with Crippen molar-refractivity contribution in [3.63, 3.8) is 0 Å². The number of aliphatic carboxylic acids is 1. The van der Waals surface area contributed by atoms with Crippen LogP contribution >= 0.6 is 0 Å². The Balaban J connectivity index is 1.70. The van der Waals surface area contributed by atoms with Gasteiger partial charge in [-0.2, -0.15) is 0 Å². The minimum Gasteiger partial charge on any atom is -0.480 e. The maximum atomic E-state index is 12.9. The molecule has 0 aliphatic heterocycles. The molecule has 2 aromatic heterocycles. The monoisotopic (exact) mass is 489 g/mol. The number of benzene rings is 2. The van der Waals surface area contributed by atoms with Crippen LogP contribution in [-0.4, -0.2) is 23.0 Å². The van der Waals surface area contributed by atoms with E-state index < -0.39 is 23.5 Å². The highest BCUT2D eigenvalue weighted by molar-refractivity contribution is 6.05. The molecule has 4 rings (SSSR count). The molecule has 0 saturated carbocycles. The summed E-state index contributed by atoms with van der Waals surface area (Å²) in [6.45, 7) is 7.62. The second-order valence-electron chi connectivity index (χ2n) is 9.25. The first-order valence-corrected chi connectivity index (χ1v) is 12.3. The van der Waals surface area contributed by atoms with Gasteiger partial charge in [-0.1, -0.05) is 50.1 Å². The van der Waals surface area contributed by atoms with Crippen molar-refractivity contribution in [1.82, 2.24) is 5.32 Å². The van der Waals surface area contributed by atoms with E-state index in [4.69, 9.17) is 8.83 Å². The molecule has 2 heterocycles. The van der Waals surface area contributed by atoms with E-state index in [0.717, 1.165) is 45.2 Å². The van der Waals surface area contributed by atoms with E-state index in [1.165, 1.54) is 0 Å². The van der Waals surface area contributed by atoms with Crippen LogP contribution in [0, 0.1) is 20.8 Å². The van der Waals surface area contributed by atoms with E-state index in [-0.39, 0.29) is 12.8 Å². The lowest BCUT2D eigenvalue weighted by Crippen LogP contribution is -2.40. The van der Waals surface area contributed by atoms with Gasteiger partial charge in [0.2, 0.25) is 5.91 Å². The molecule has 0 aliphatic carbocycles. The first-order chi connectivity index (χ1) is 17.2. The predicted octanol–water partition coefficient (Wildman–Crippen LogP) is 5.82. The number of nitrogens with one attached hydrogen (secondary N) is 1. The average Bonchev–Trinajstić information content (AvgIpc) is 3.19. The number of amides is 1. The smallest absolute Gasteiger partial charge is 0.339 e. The molecular formula is C29H31NO6. The number of carbonyl (C=O) groups excluding carboxylic acids is 1. The van der Waals surface area contributed by atoms with E-state index in [9.17, 15) is 19.5 Å². The lowest BCUT2D eigenvalue weighted by molar-refractivity contribution is -0.142. The molecule has 0 saturated heterocycles. The zero-order chi connectivity index (χ0) is 26.0. The standard InChI is InChI=1S/C29H31NO6/c1-5-6-12-23(28(32)33)30-24(31)14-13-20-16(2)21-15-22-25(19-10-8-7-9-11-19)18(4)35-27(22)17(3)26(21)36-29(20)34/h7-11,15,23H,5-6,12-14H2,1-4H3,(H,30,31)(H,32,33)/t23-/m0/s1. The molecule has 4 aromatic rings. The highest BCUT2D eigenvalue weighted by atomic mass is 16.4. The number of unbranched alkanes of at least 4 members (excludes halogenated alkanes) is 1. The molecule has 0 radical (unpaired) electrons. The number of rotatable bonds is 9. The first-order valence-electron chi connectivity index (χ1n) is 12.3. The van der Waals surface area contributed by atoms with Gasteiger partial charge in [0, 0.05) is 33.9 Å². The Bertz CT molecular complexity index is 1500. The van der Waals surface area contributed by atoms with Gasteiger partial charge < -0.3 is 19.3 Å². The normalized spacial score (nSPS) is 12.2. The molecule has 2 aromatic carbocycles. The minimum atomic E-state index is -1.05. The Morgan fingerprint density at radius 3 is 2.36 bits per heavy atom. The second-order valence-corrected chi connectivity index (χ2v) is 9.25. The number of hydrogen-bond donors (Lipinski definition) is 2. The summed E-state index contributed by atoms with van der Waals surface area (Å²) >= 11 is 0. The van der Waals surface area contributed by atoms with E-state index in [1.54, 1.807) is 0 Å². The van der Waals surface area contributed by atoms with Crippen molar-refractivity contribution < 1.29 is 23.5 Å². The molecule has 0 fully saturated rings. The third-order valence-corrected chi connectivity index (χ3v) is 6.78. The Morgan fingerprint density at radius 1 is 1.00 bits per heavy atom. The summed E-state index contributed by atoms with van der Waals surface area (Å²) in [5, 5.41) is 13.7. The lowest BCUT2D eigenvalue weighted by atomic mass is 9.96. The number of hydrogen-bond acceptors (Lipinski definition) is 5. The van der Waals surface area contributed by atoms with Crippen LogP contribution in [0.15, 0.2) is 50.0 Å². The molecule has 0 aliphatic rings. The van der Waals surface area contributed by atoms with Gasteiger partial charge >= 0.3 is 11.6 Å². The fraction of sp³-hybridized carbons (Fsp3) is 0.345. The molecule has 36 heavy (non-hydrogen) atoms. The van der Waals surface area contributed by atoms with Crippen LogP contribution in [0.1, 0.15) is 55.1 Å². The van der Waals surface area contributed by atoms with Gasteiger partial charge in [-0.15, -0.1) is 0 Å². The quantitative estimate of drug-likeness (QED) is 0.287. The highest BCUT2D eigenvalue weighted by Crippen LogP contribution is 2.39. The zero-order valence-corrected chi connectivity index (χ0v) is 21.1. The highest BCUT2D eigenvalue weighted by Gasteiger charge is 2.22. The van der Waals surface area contributed by atoms with Gasteiger partial charge in [0.25, 0.3) is 0 Å². The van der Waals surface area contributed by atoms with Crippen molar-refractivity contribution in [2.75, 3.05) is 0 Å². The molecule has 0 spiro atoms. The number of furan rings is 1. The Kier molecular flexibility index (Phi) is 7.29. The van der Waals surface area contributed by atoms with Crippen LogP contribution in [0.5, 0.6) is 0 Å². The van der Waals surface area contributed by atoms with Crippen molar-refractivity contribution in [3.8, 4) is 11.1 Å². The minimum absolute atomic E-state index is 0.00563. The van der Waals surface area contributed by atoms with Crippen molar-refractivity contribution in [2.45, 2.75) is 65.8 Å². The topological polar surface area (TPSA) is 110 Å². The van der Waals surface area contributed by atoms with E-state index >= 15 is 0 Å². The molecule has 7 heteroatoms. The van der Waals surface area contributed by atoms with Gasteiger partial charge in [-0.05, 0) is 50.8 Å². The van der Waals surface area contributed by atoms with Gasteiger partial charge in [0.15, 0.2) is 0 Å². The van der Waals surface area contributed by atoms with Crippen LogP contribution < -0.4 is 10.9 Å². The fourth-order valence-electron chi connectivity index (χ4n) is 4.80. The van der Waals surface area contributed by atoms with Gasteiger partial charge in [-0.25, -0.2) is 9.59 Å². The maximum absolute atomic E-state index is 12.9. The second kappa shape index (κ2) is 10.4. The average molecular weight is 490 g/mol. The Morgan fingerprint density at radius 2 is 1.69 bits per heavy atom. The number of carboxylic acid groups (broad SMARTS) is 1. The Hall–Kier alpha value is -3.87. The molecule has 1 atom stereocenters. The zero-order valence-electron chi connectivity index (χ0n) is 21.1. The summed E-state index contributed by atoms with van der Waals surface area (Å²) in [5.41, 5.74) is 4.60. The summed E-state index contributed by atoms with van der Waals surface area (Å²) in [7, 11) is 0. The summed E-state index contributed by atoms with van der Waals surface area (Å²) in [4.78, 5) is 36.8. The van der Waals surface area contributed by atoms with Gasteiger partial charge in [-0.3, -0.25) is 4.79 Å². The Labute approximate surface area is 209 Å². The third-order valence-electron chi connectivity index (χ3n) is 6.78. The fourth-order valence-corrected chi connectivity index (χ4v) is 4.80. The molecular weight excluding hydrogens is 458 g/mol. The lowest BCUT2D eigenvalue weighted by Gasteiger charge is -2.14. The van der Waals surface area contributed by atoms with Crippen molar-refractivity contribution in [2.24, 2.45) is 0 Å². The van der Waals surface area contributed by atoms with Crippen molar-refractivity contribution in [3.05, 3.63) is 69.3 Å². The van der Waals surface area contributed by atoms with E-state index in [0.29, 0.717) is 29.6 Å². The number of carbonyl (C=O) groups is 2.